The van der Waals surface area contributed by atoms with Crippen molar-refractivity contribution in [2.75, 3.05) is 7.11 Å². The van der Waals surface area contributed by atoms with Crippen LogP contribution in [0.5, 0.6) is 5.75 Å². The Labute approximate surface area is 89.5 Å². The van der Waals surface area contributed by atoms with E-state index in [1.54, 1.807) is 13.2 Å². The fourth-order valence-electron chi connectivity index (χ4n) is 1.33. The number of benzene rings is 1. The van der Waals surface area contributed by atoms with Crippen LogP contribution in [0.25, 0.3) is 0 Å². The molecule has 0 saturated heterocycles. The zero-order valence-electron chi connectivity index (χ0n) is 8.67. The monoisotopic (exact) mass is 214 g/mol. The molecule has 2 nitrogen and oxygen atoms in total. The number of aryl methyl sites for hydroxylation is 1. The van der Waals surface area contributed by atoms with Gasteiger partial charge >= 0.3 is 0 Å². The van der Waals surface area contributed by atoms with Crippen LogP contribution in [-0.4, -0.2) is 12.2 Å². The molecule has 1 N–H and O–H groups in total. The fraction of sp³-hybridized carbons (Fsp3) is 0.455. The van der Waals surface area contributed by atoms with Gasteiger partial charge < -0.3 is 9.84 Å². The number of hydrogen-bond donors (Lipinski definition) is 1. The average Bonchev–Trinajstić information content (AvgIpc) is 2.20. The van der Waals surface area contributed by atoms with Crippen LogP contribution < -0.4 is 4.74 Å². The number of aliphatic hydroxyl groups excluding tert-OH is 1. The van der Waals surface area contributed by atoms with Gasteiger partial charge in [0, 0.05) is 10.6 Å². The minimum atomic E-state index is -0.511. The summed E-state index contributed by atoms with van der Waals surface area (Å²) in [6.07, 6.45) is 0.137. The number of halogens is 1. The van der Waals surface area contributed by atoms with Crippen molar-refractivity contribution >= 4 is 11.6 Å². The minimum absolute atomic E-state index is 0.511. The van der Waals surface area contributed by atoms with Gasteiger partial charge in [-0.2, -0.15) is 0 Å². The maximum Gasteiger partial charge on any atom is 0.125 e. The van der Waals surface area contributed by atoms with Gasteiger partial charge in [-0.15, -0.1) is 0 Å². The van der Waals surface area contributed by atoms with Crippen molar-refractivity contribution in [3.63, 3.8) is 0 Å². The summed E-state index contributed by atoms with van der Waals surface area (Å²) in [4.78, 5) is 0. The second-order valence-corrected chi connectivity index (χ2v) is 3.67. The number of methoxy groups -OCH3 is 1. The molecule has 14 heavy (non-hydrogen) atoms. The van der Waals surface area contributed by atoms with E-state index in [4.69, 9.17) is 16.3 Å². The van der Waals surface area contributed by atoms with Crippen molar-refractivity contribution in [2.24, 2.45) is 0 Å². The lowest BCUT2D eigenvalue weighted by atomic mass is 10.0. The number of aliphatic hydroxyl groups is 1. The van der Waals surface area contributed by atoms with E-state index in [9.17, 15) is 5.11 Å². The van der Waals surface area contributed by atoms with E-state index >= 15 is 0 Å². The molecule has 0 aliphatic heterocycles. The van der Waals surface area contributed by atoms with Gasteiger partial charge in [-0.25, -0.2) is 0 Å². The first-order valence-electron chi connectivity index (χ1n) is 4.62. The minimum Gasteiger partial charge on any atom is -0.496 e. The predicted octanol–water partition coefficient (Wildman–Crippen LogP) is 3.10. The Hall–Kier alpha value is -0.730. The molecule has 0 fully saturated rings. The molecule has 1 unspecified atom stereocenters. The van der Waals surface area contributed by atoms with Gasteiger partial charge in [-0.1, -0.05) is 18.5 Å². The summed E-state index contributed by atoms with van der Waals surface area (Å²) in [7, 11) is 1.59. The highest BCUT2D eigenvalue weighted by molar-refractivity contribution is 6.31. The Morgan fingerprint density at radius 1 is 1.50 bits per heavy atom. The summed E-state index contributed by atoms with van der Waals surface area (Å²) in [5.41, 5.74) is 1.71. The first kappa shape index (κ1) is 11.3. The van der Waals surface area contributed by atoms with E-state index < -0.39 is 6.10 Å². The molecule has 0 heterocycles. The van der Waals surface area contributed by atoms with Crippen LogP contribution in [0.15, 0.2) is 12.1 Å². The van der Waals surface area contributed by atoms with E-state index in [0.29, 0.717) is 17.2 Å². The zero-order chi connectivity index (χ0) is 10.7. The molecule has 0 saturated carbocycles. The van der Waals surface area contributed by atoms with Gasteiger partial charge in [-0.3, -0.25) is 0 Å². The fourth-order valence-corrected chi connectivity index (χ4v) is 1.50. The first-order chi connectivity index (χ1) is 6.60. The zero-order valence-corrected chi connectivity index (χ0v) is 9.43. The molecule has 1 aromatic carbocycles. The van der Waals surface area contributed by atoms with Crippen molar-refractivity contribution in [3.05, 3.63) is 28.3 Å². The van der Waals surface area contributed by atoms with Gasteiger partial charge in [0.2, 0.25) is 0 Å². The second kappa shape index (κ2) is 4.67. The van der Waals surface area contributed by atoms with Crippen molar-refractivity contribution in [3.8, 4) is 5.75 Å². The lowest BCUT2D eigenvalue weighted by Gasteiger charge is -2.14. The molecule has 1 aromatic rings. The molecule has 0 spiro atoms. The highest BCUT2D eigenvalue weighted by Crippen LogP contribution is 2.32. The molecule has 0 radical (unpaired) electrons. The molecule has 3 heteroatoms. The first-order valence-corrected chi connectivity index (χ1v) is 5.00. The average molecular weight is 215 g/mol. The lowest BCUT2D eigenvalue weighted by Crippen LogP contribution is -2.00. The molecular weight excluding hydrogens is 200 g/mol. The number of hydrogen-bond acceptors (Lipinski definition) is 2. The summed E-state index contributed by atoms with van der Waals surface area (Å²) >= 11 is 5.98. The Kier molecular flexibility index (Phi) is 3.78. The van der Waals surface area contributed by atoms with Gasteiger partial charge in [-0.05, 0) is 31.0 Å². The maximum atomic E-state index is 9.72. The third-order valence-corrected chi connectivity index (χ3v) is 2.66. The van der Waals surface area contributed by atoms with Crippen LogP contribution in [0.1, 0.15) is 30.6 Å². The molecule has 0 aliphatic carbocycles. The molecule has 0 bridgehead atoms. The number of ether oxygens (including phenoxy) is 1. The molecule has 0 aromatic heterocycles. The highest BCUT2D eigenvalue weighted by atomic mass is 35.5. The lowest BCUT2D eigenvalue weighted by molar-refractivity contribution is 0.169. The van der Waals surface area contributed by atoms with Crippen molar-refractivity contribution < 1.29 is 9.84 Å². The molecule has 0 aliphatic rings. The topological polar surface area (TPSA) is 29.5 Å². The summed E-state index contributed by atoms with van der Waals surface area (Å²) in [5.74, 6) is 0.696. The van der Waals surface area contributed by atoms with E-state index in [1.165, 1.54) is 0 Å². The highest BCUT2D eigenvalue weighted by Gasteiger charge is 2.13. The smallest absolute Gasteiger partial charge is 0.125 e. The van der Waals surface area contributed by atoms with Gasteiger partial charge in [0.15, 0.2) is 0 Å². The van der Waals surface area contributed by atoms with Crippen molar-refractivity contribution in [2.45, 2.75) is 26.4 Å². The van der Waals surface area contributed by atoms with E-state index in [0.717, 1.165) is 11.1 Å². The van der Waals surface area contributed by atoms with Crippen molar-refractivity contribution in [1.82, 2.24) is 0 Å². The van der Waals surface area contributed by atoms with Crippen LogP contribution >= 0.6 is 11.6 Å². The summed E-state index contributed by atoms with van der Waals surface area (Å²) < 4.78 is 5.19. The van der Waals surface area contributed by atoms with Gasteiger partial charge in [0.1, 0.15) is 5.75 Å². The molecule has 0 amide bonds. The number of rotatable bonds is 3. The molecule has 1 rings (SSSR count). The van der Waals surface area contributed by atoms with E-state index in [-0.39, 0.29) is 0 Å². The largest absolute Gasteiger partial charge is 0.496 e. The third kappa shape index (κ3) is 2.20. The normalized spacial score (nSPS) is 12.6. The van der Waals surface area contributed by atoms with Crippen LogP contribution in [-0.2, 0) is 0 Å². The molecule has 78 valence electrons. The van der Waals surface area contributed by atoms with Crippen LogP contribution in [0.4, 0.5) is 0 Å². The quantitative estimate of drug-likeness (QED) is 0.838. The Morgan fingerprint density at radius 2 is 2.14 bits per heavy atom. The Bertz CT molecular complexity index is 323. The Morgan fingerprint density at radius 3 is 2.64 bits per heavy atom. The third-order valence-electron chi connectivity index (χ3n) is 2.26. The van der Waals surface area contributed by atoms with Crippen molar-refractivity contribution in [1.29, 1.82) is 0 Å². The van der Waals surface area contributed by atoms with Gasteiger partial charge in [0.05, 0.1) is 13.2 Å². The predicted molar refractivity (Wildman–Crippen MR) is 58.0 cm³/mol. The summed E-state index contributed by atoms with van der Waals surface area (Å²) in [6.45, 7) is 3.82. The molecule has 1 atom stereocenters. The van der Waals surface area contributed by atoms with Crippen LogP contribution in [0, 0.1) is 6.92 Å². The SMILES string of the molecule is CCC(O)c1cc(Cl)c(C)cc1OC. The maximum absolute atomic E-state index is 9.72. The van der Waals surface area contributed by atoms with E-state index in [2.05, 4.69) is 0 Å². The second-order valence-electron chi connectivity index (χ2n) is 3.27. The summed E-state index contributed by atoms with van der Waals surface area (Å²) in [6, 6.07) is 3.61. The van der Waals surface area contributed by atoms with Crippen LogP contribution in [0.3, 0.4) is 0 Å². The van der Waals surface area contributed by atoms with E-state index in [1.807, 2.05) is 19.9 Å². The van der Waals surface area contributed by atoms with Gasteiger partial charge in [0.25, 0.3) is 0 Å². The Balaban J connectivity index is 3.19. The standard InChI is InChI=1S/C11H15ClO2/c1-4-10(13)8-6-9(12)7(2)5-11(8)14-3/h5-6,10,13H,4H2,1-3H3. The summed E-state index contributed by atoms with van der Waals surface area (Å²) in [5, 5.41) is 10.4. The van der Waals surface area contributed by atoms with Crippen LogP contribution in [0.2, 0.25) is 5.02 Å². The molecular formula is C11H15ClO2.